The van der Waals surface area contributed by atoms with Gasteiger partial charge in [-0.2, -0.15) is 4.98 Å². The number of aryl methyl sites for hydroxylation is 1. The molecule has 9 nitrogen and oxygen atoms in total. The van der Waals surface area contributed by atoms with E-state index in [9.17, 15) is 9.59 Å². The van der Waals surface area contributed by atoms with E-state index in [1.807, 2.05) is 50.2 Å². The van der Waals surface area contributed by atoms with E-state index in [-0.39, 0.29) is 41.5 Å². The molecule has 2 heterocycles. The van der Waals surface area contributed by atoms with E-state index < -0.39 is 11.6 Å². The van der Waals surface area contributed by atoms with Crippen LogP contribution in [-0.2, 0) is 6.54 Å². The highest BCUT2D eigenvalue weighted by atomic mass is 19.1. The van der Waals surface area contributed by atoms with Gasteiger partial charge in [-0.3, -0.25) is 14.5 Å². The van der Waals surface area contributed by atoms with Crippen molar-refractivity contribution in [3.8, 4) is 11.3 Å². The van der Waals surface area contributed by atoms with Crippen LogP contribution in [0.15, 0.2) is 103 Å². The van der Waals surface area contributed by atoms with Crippen LogP contribution in [0.2, 0.25) is 0 Å². The maximum absolute atomic E-state index is 15.2. The van der Waals surface area contributed by atoms with Crippen molar-refractivity contribution in [1.82, 2.24) is 20.2 Å². The lowest BCUT2D eigenvalue weighted by molar-refractivity contribution is 0.102. The zero-order valence-electron chi connectivity index (χ0n) is 27.3. The van der Waals surface area contributed by atoms with Gasteiger partial charge in [-0.15, -0.1) is 0 Å². The van der Waals surface area contributed by atoms with Crippen molar-refractivity contribution in [2.24, 2.45) is 0 Å². The van der Waals surface area contributed by atoms with Gasteiger partial charge in [0.1, 0.15) is 29.0 Å². The van der Waals surface area contributed by atoms with Crippen molar-refractivity contribution in [2.75, 3.05) is 42.7 Å². The van der Waals surface area contributed by atoms with Gasteiger partial charge in [0.25, 0.3) is 5.91 Å². The van der Waals surface area contributed by atoms with E-state index in [0.29, 0.717) is 52.3 Å². The Balaban J connectivity index is 1.36. The first-order valence-electron chi connectivity index (χ1n) is 15.7. The molecule has 0 radical (unpaired) electrons. The van der Waals surface area contributed by atoms with Crippen LogP contribution >= 0.6 is 0 Å². The number of carbonyl (C=O) groups excluding carboxylic acids is 2. The van der Waals surface area contributed by atoms with Gasteiger partial charge in [0.05, 0.1) is 5.69 Å². The molecule has 0 saturated carbocycles. The lowest BCUT2D eigenvalue weighted by Crippen LogP contribution is -2.35. The third-order valence-electron chi connectivity index (χ3n) is 8.14. The third-order valence-corrected chi connectivity index (χ3v) is 8.14. The minimum Gasteiger partial charge on any atom is -0.367 e. The molecule has 1 aliphatic rings. The summed E-state index contributed by atoms with van der Waals surface area (Å²) in [5, 5.41) is 9.27. The normalized spacial score (nSPS) is 12.4. The summed E-state index contributed by atoms with van der Waals surface area (Å²) in [5.74, 6) is -1.24. The Morgan fingerprint density at radius 3 is 2.27 bits per heavy atom. The van der Waals surface area contributed by atoms with E-state index in [2.05, 4.69) is 22.5 Å². The van der Waals surface area contributed by atoms with E-state index in [0.717, 1.165) is 5.56 Å². The Hall–Kier alpha value is -5.94. The highest BCUT2D eigenvalue weighted by Crippen LogP contribution is 2.41. The van der Waals surface area contributed by atoms with Gasteiger partial charge in [-0.25, -0.2) is 13.8 Å². The lowest BCUT2D eigenvalue weighted by atomic mass is 9.97. The van der Waals surface area contributed by atoms with Gasteiger partial charge >= 0.3 is 0 Å². The number of nitrogens with one attached hydrogen (secondary N) is 3. The Kier molecular flexibility index (Phi) is 9.45. The van der Waals surface area contributed by atoms with E-state index >= 15 is 8.78 Å². The first kappa shape index (κ1) is 33.0. The van der Waals surface area contributed by atoms with Crippen molar-refractivity contribution in [3.63, 3.8) is 0 Å². The second-order valence-electron chi connectivity index (χ2n) is 11.9. The fourth-order valence-electron chi connectivity index (χ4n) is 5.54. The number of aromatic nitrogens is 2. The van der Waals surface area contributed by atoms with E-state index in [4.69, 9.17) is 9.97 Å². The standard InChI is InChI=1S/C38H35F2N7O2/c1-23-13-14-27(37(49)43-28-17-15-26(16-18-28)35(48)25-9-6-5-7-10-25)21-29(23)33-30-22-42-24(2)47(34-31(39)11-8-12-32(34)40)36(30)45-38(44-33)41-19-20-46(3)4/h5-18,21,42H,2,19-20,22H2,1,3-4H3,(H,43,49)(H,41,44,45). The molecule has 1 aromatic heterocycles. The molecule has 4 aromatic carbocycles. The molecule has 0 saturated heterocycles. The van der Waals surface area contributed by atoms with Gasteiger partial charge in [0.15, 0.2) is 5.78 Å². The predicted molar refractivity (Wildman–Crippen MR) is 188 cm³/mol. The fraction of sp³-hybridized carbons (Fsp3) is 0.158. The number of fused-ring (bicyclic) bond motifs is 1. The number of hydrogen-bond acceptors (Lipinski definition) is 8. The molecule has 1 aliphatic heterocycles. The topological polar surface area (TPSA) is 102 Å². The molecule has 0 unspecified atom stereocenters. The van der Waals surface area contributed by atoms with E-state index in [1.54, 1.807) is 48.5 Å². The Bertz CT molecular complexity index is 2030. The number of carbonyl (C=O) groups is 2. The number of amides is 1. The van der Waals surface area contributed by atoms with Crippen LogP contribution in [0.4, 0.5) is 31.9 Å². The molecule has 0 spiro atoms. The second-order valence-corrected chi connectivity index (χ2v) is 11.9. The molecule has 3 N–H and O–H groups in total. The molecule has 11 heteroatoms. The number of benzene rings is 4. The quantitative estimate of drug-likeness (QED) is 0.139. The minimum absolute atomic E-state index is 0.111. The van der Waals surface area contributed by atoms with E-state index in [1.165, 1.54) is 23.1 Å². The first-order valence-corrected chi connectivity index (χ1v) is 15.7. The van der Waals surface area contributed by atoms with Crippen molar-refractivity contribution in [1.29, 1.82) is 0 Å². The smallest absolute Gasteiger partial charge is 0.255 e. The molecule has 6 rings (SSSR count). The molecular formula is C38H35F2N7O2. The molecule has 0 fully saturated rings. The lowest BCUT2D eigenvalue weighted by Gasteiger charge is -2.34. The summed E-state index contributed by atoms with van der Waals surface area (Å²) < 4.78 is 30.3. The SMILES string of the molecule is C=C1NCc2c(-c3cc(C(=O)Nc4ccc(C(=O)c5ccccc5)cc4)ccc3C)nc(NCCN(C)C)nc2N1c1c(F)cccc1F. The molecule has 248 valence electrons. The molecule has 49 heavy (non-hydrogen) atoms. The predicted octanol–water partition coefficient (Wildman–Crippen LogP) is 6.90. The van der Waals surface area contributed by atoms with Crippen molar-refractivity contribution in [3.05, 3.63) is 143 Å². The Morgan fingerprint density at radius 2 is 1.57 bits per heavy atom. The van der Waals surface area contributed by atoms with Gasteiger partial charge in [-0.05, 0) is 75.1 Å². The fourth-order valence-corrected chi connectivity index (χ4v) is 5.54. The number of likely N-dealkylation sites (N-methyl/N-ethyl adjacent to an activating group) is 1. The molecular weight excluding hydrogens is 624 g/mol. The summed E-state index contributed by atoms with van der Waals surface area (Å²) >= 11 is 0. The summed E-state index contributed by atoms with van der Waals surface area (Å²) in [7, 11) is 3.88. The maximum Gasteiger partial charge on any atom is 0.255 e. The summed E-state index contributed by atoms with van der Waals surface area (Å²) in [6.07, 6.45) is 0. The summed E-state index contributed by atoms with van der Waals surface area (Å²) in [4.78, 5) is 39.2. The molecule has 1 amide bonds. The second kappa shape index (κ2) is 14.0. The Labute approximate surface area is 283 Å². The number of rotatable bonds is 10. The maximum atomic E-state index is 15.2. The third kappa shape index (κ3) is 7.02. The van der Waals surface area contributed by atoms with Crippen LogP contribution in [0.3, 0.4) is 0 Å². The molecule has 0 atom stereocenters. The van der Waals surface area contributed by atoms with Crippen LogP contribution in [-0.4, -0.2) is 53.7 Å². The van der Waals surface area contributed by atoms with Crippen LogP contribution in [0, 0.1) is 18.6 Å². The number of nitrogens with zero attached hydrogens (tertiary/aromatic N) is 4. The first-order chi connectivity index (χ1) is 23.6. The number of halogens is 2. The van der Waals surface area contributed by atoms with Crippen molar-refractivity contribution >= 4 is 34.8 Å². The van der Waals surface area contributed by atoms with Crippen LogP contribution in [0.25, 0.3) is 11.3 Å². The van der Waals surface area contributed by atoms with Crippen LogP contribution in [0.5, 0.6) is 0 Å². The number of ketones is 1. The average molecular weight is 660 g/mol. The van der Waals surface area contributed by atoms with Gasteiger partial charge in [0.2, 0.25) is 5.95 Å². The highest BCUT2D eigenvalue weighted by Gasteiger charge is 2.31. The van der Waals surface area contributed by atoms with Crippen molar-refractivity contribution < 1.29 is 18.4 Å². The number of para-hydroxylation sites is 1. The molecule has 0 bridgehead atoms. The molecule has 0 aliphatic carbocycles. The van der Waals surface area contributed by atoms with Gasteiger partial charge in [0, 0.05) is 53.1 Å². The number of anilines is 4. The highest BCUT2D eigenvalue weighted by molar-refractivity contribution is 6.09. The summed E-state index contributed by atoms with van der Waals surface area (Å²) in [6.45, 7) is 7.35. The zero-order valence-corrected chi connectivity index (χ0v) is 27.3. The van der Waals surface area contributed by atoms with Crippen LogP contribution < -0.4 is 20.9 Å². The summed E-state index contributed by atoms with van der Waals surface area (Å²) in [5.41, 5.74) is 4.21. The summed E-state index contributed by atoms with van der Waals surface area (Å²) in [6, 6.07) is 24.6. The van der Waals surface area contributed by atoms with Crippen molar-refractivity contribution in [2.45, 2.75) is 13.5 Å². The average Bonchev–Trinajstić information content (AvgIpc) is 3.09. The van der Waals surface area contributed by atoms with Gasteiger partial charge in [-0.1, -0.05) is 49.0 Å². The zero-order chi connectivity index (χ0) is 34.7. The monoisotopic (exact) mass is 659 g/mol. The largest absolute Gasteiger partial charge is 0.367 e. The molecule has 5 aromatic rings. The van der Waals surface area contributed by atoms with Crippen LogP contribution in [0.1, 0.15) is 37.4 Å². The Morgan fingerprint density at radius 1 is 0.898 bits per heavy atom. The minimum atomic E-state index is -0.773. The van der Waals surface area contributed by atoms with Gasteiger partial charge < -0.3 is 20.9 Å². The number of hydrogen-bond donors (Lipinski definition) is 3.